The second kappa shape index (κ2) is 8.04. The predicted octanol–water partition coefficient (Wildman–Crippen LogP) is 0.930. The number of benzene rings is 2. The van der Waals surface area contributed by atoms with E-state index in [-0.39, 0.29) is 0 Å². The second-order valence-electron chi connectivity index (χ2n) is 6.38. The number of para-hydroxylation sites is 2. The van der Waals surface area contributed by atoms with Crippen LogP contribution in [0.5, 0.6) is 0 Å². The Labute approximate surface area is 165 Å². The van der Waals surface area contributed by atoms with E-state index in [0.717, 1.165) is 10.8 Å². The Bertz CT molecular complexity index is 1200. The van der Waals surface area contributed by atoms with Crippen molar-refractivity contribution in [1.29, 1.82) is 0 Å². The second-order valence-corrected chi connectivity index (χ2v) is 6.38. The third kappa shape index (κ3) is 4.04. The van der Waals surface area contributed by atoms with E-state index in [1.807, 2.05) is 48.5 Å². The molecule has 7 nitrogen and oxygen atoms in total. The molecule has 0 aliphatic carbocycles. The SMILES string of the molecule is O=C(CC(O)C(=O)O[n+]1cccc2ccccc21)O[n+]1cccc2ccccc21. The van der Waals surface area contributed by atoms with Gasteiger partial charge in [-0.1, -0.05) is 24.3 Å². The molecule has 4 rings (SSSR count). The number of aliphatic hydroxyl groups is 1. The van der Waals surface area contributed by atoms with Crippen LogP contribution in [-0.4, -0.2) is 23.1 Å². The van der Waals surface area contributed by atoms with E-state index in [1.54, 1.807) is 36.7 Å². The highest BCUT2D eigenvalue weighted by Crippen LogP contribution is 2.08. The summed E-state index contributed by atoms with van der Waals surface area (Å²) in [5.41, 5.74) is 1.34. The summed E-state index contributed by atoms with van der Waals surface area (Å²) < 4.78 is 2.56. The molecule has 0 fully saturated rings. The maximum absolute atomic E-state index is 12.2. The largest absolute Gasteiger partial charge is 0.409 e. The minimum absolute atomic E-state index is 0.541. The first-order chi connectivity index (χ1) is 14.1. The van der Waals surface area contributed by atoms with Crippen LogP contribution in [0.1, 0.15) is 6.42 Å². The van der Waals surface area contributed by atoms with Gasteiger partial charge in [-0.2, -0.15) is 9.68 Å². The smallest absolute Gasteiger partial charge is 0.381 e. The fourth-order valence-electron chi connectivity index (χ4n) is 2.97. The van der Waals surface area contributed by atoms with Crippen molar-refractivity contribution in [2.75, 3.05) is 0 Å². The molecule has 0 radical (unpaired) electrons. The fraction of sp³-hybridized carbons (Fsp3) is 0.0909. The number of fused-ring (bicyclic) bond motifs is 2. The monoisotopic (exact) mass is 390 g/mol. The van der Waals surface area contributed by atoms with Crippen molar-refractivity contribution in [2.45, 2.75) is 12.5 Å². The van der Waals surface area contributed by atoms with Crippen molar-refractivity contribution >= 4 is 33.7 Å². The molecule has 0 spiro atoms. The molecule has 2 heterocycles. The Morgan fingerprint density at radius 3 is 1.83 bits per heavy atom. The minimum atomic E-state index is -1.66. The molecule has 2 aromatic heterocycles. The van der Waals surface area contributed by atoms with Crippen molar-refractivity contribution in [3.05, 3.63) is 85.2 Å². The lowest BCUT2D eigenvalue weighted by Gasteiger charge is -2.05. The predicted molar refractivity (Wildman–Crippen MR) is 102 cm³/mol. The maximum Gasteiger partial charge on any atom is 0.409 e. The number of carbonyl (C=O) groups is 2. The number of rotatable bonds is 5. The van der Waals surface area contributed by atoms with E-state index in [2.05, 4.69) is 0 Å². The summed E-state index contributed by atoms with van der Waals surface area (Å²) >= 11 is 0. The summed E-state index contributed by atoms with van der Waals surface area (Å²) in [6, 6.07) is 21.9. The standard InChI is InChI=1S/C22H18N2O5/c25-20(22(27)29-24-14-6-10-17-8-2-4-12-19(17)24)15-21(26)28-23-13-5-9-16-7-1-3-11-18(16)23/h1-14,20,25H,15H2/q+2. The van der Waals surface area contributed by atoms with Crippen LogP contribution >= 0.6 is 0 Å². The average molecular weight is 390 g/mol. The number of aromatic nitrogens is 2. The third-order valence-corrected chi connectivity index (χ3v) is 4.36. The summed E-state index contributed by atoms with van der Waals surface area (Å²) in [6.07, 6.45) is 0.929. The highest BCUT2D eigenvalue weighted by atomic mass is 16.7. The molecule has 1 atom stereocenters. The van der Waals surface area contributed by atoms with Crippen LogP contribution in [0.3, 0.4) is 0 Å². The van der Waals surface area contributed by atoms with E-state index >= 15 is 0 Å². The Morgan fingerprint density at radius 2 is 1.24 bits per heavy atom. The van der Waals surface area contributed by atoms with E-state index in [4.69, 9.17) is 9.68 Å². The number of carbonyl (C=O) groups excluding carboxylic acids is 2. The summed E-state index contributed by atoms with van der Waals surface area (Å²) in [5, 5.41) is 11.9. The lowest BCUT2D eigenvalue weighted by molar-refractivity contribution is -0.850. The molecule has 1 unspecified atom stereocenters. The van der Waals surface area contributed by atoms with Crippen LogP contribution < -0.4 is 19.1 Å². The van der Waals surface area contributed by atoms with Crippen LogP contribution in [0.15, 0.2) is 85.2 Å². The number of hydrogen-bond donors (Lipinski definition) is 1. The first-order valence-corrected chi connectivity index (χ1v) is 9.02. The summed E-state index contributed by atoms with van der Waals surface area (Å²) in [5.74, 6) is -1.72. The number of nitrogens with zero attached hydrogens (tertiary/aromatic N) is 2. The summed E-state index contributed by atoms with van der Waals surface area (Å²) in [6.45, 7) is 0. The first-order valence-electron chi connectivity index (χ1n) is 9.02. The minimum Gasteiger partial charge on any atom is -0.381 e. The van der Waals surface area contributed by atoms with Gasteiger partial charge in [0.15, 0.2) is 6.10 Å². The Hall–Kier alpha value is -3.84. The Kier molecular flexibility index (Phi) is 5.13. The van der Waals surface area contributed by atoms with Crippen LogP contribution in [0.4, 0.5) is 0 Å². The first kappa shape index (κ1) is 18.5. The Morgan fingerprint density at radius 1 is 0.759 bits per heavy atom. The molecule has 4 aromatic rings. The van der Waals surface area contributed by atoms with Gasteiger partial charge in [0.05, 0.1) is 17.2 Å². The summed E-state index contributed by atoms with van der Waals surface area (Å²) in [7, 11) is 0. The van der Waals surface area contributed by atoms with Crippen molar-refractivity contribution in [1.82, 2.24) is 0 Å². The van der Waals surface area contributed by atoms with Gasteiger partial charge in [-0.3, -0.25) is 0 Å². The van der Waals surface area contributed by atoms with Gasteiger partial charge >= 0.3 is 11.9 Å². The van der Waals surface area contributed by atoms with E-state index < -0.39 is 24.5 Å². The molecule has 0 saturated carbocycles. The van der Waals surface area contributed by atoms with Crippen molar-refractivity contribution in [2.24, 2.45) is 0 Å². The number of aliphatic hydroxyl groups excluding tert-OH is 1. The zero-order valence-electron chi connectivity index (χ0n) is 15.3. The van der Waals surface area contributed by atoms with Gasteiger partial charge in [-0.05, 0) is 24.3 Å². The zero-order chi connectivity index (χ0) is 20.2. The zero-order valence-corrected chi connectivity index (χ0v) is 15.3. The average Bonchev–Trinajstić information content (AvgIpc) is 2.74. The molecule has 0 aliphatic heterocycles. The molecule has 0 aliphatic rings. The summed E-state index contributed by atoms with van der Waals surface area (Å²) in [4.78, 5) is 35.0. The van der Waals surface area contributed by atoms with Crippen molar-refractivity contribution in [3.63, 3.8) is 0 Å². The van der Waals surface area contributed by atoms with E-state index in [1.165, 1.54) is 9.46 Å². The number of pyridine rings is 2. The Balaban J connectivity index is 1.43. The molecule has 29 heavy (non-hydrogen) atoms. The van der Waals surface area contributed by atoms with E-state index in [9.17, 15) is 14.7 Å². The molecule has 0 bridgehead atoms. The van der Waals surface area contributed by atoms with Crippen molar-refractivity contribution < 1.29 is 33.8 Å². The van der Waals surface area contributed by atoms with Crippen LogP contribution in [0, 0.1) is 0 Å². The highest BCUT2D eigenvalue weighted by Gasteiger charge is 2.29. The van der Waals surface area contributed by atoms with Gasteiger partial charge < -0.3 is 5.11 Å². The van der Waals surface area contributed by atoms with Gasteiger partial charge in [0.25, 0.3) is 11.0 Å². The fourth-order valence-corrected chi connectivity index (χ4v) is 2.97. The molecule has 1 N–H and O–H groups in total. The lowest BCUT2D eigenvalue weighted by atomic mass is 10.2. The maximum atomic E-state index is 12.2. The van der Waals surface area contributed by atoms with Gasteiger partial charge in [-0.25, -0.2) is 9.59 Å². The van der Waals surface area contributed by atoms with Crippen LogP contribution in [0.25, 0.3) is 21.8 Å². The van der Waals surface area contributed by atoms with Gasteiger partial charge in [0, 0.05) is 33.7 Å². The molecule has 0 saturated heterocycles. The van der Waals surface area contributed by atoms with Crippen LogP contribution in [-0.2, 0) is 9.59 Å². The number of hydrogen-bond acceptors (Lipinski definition) is 5. The van der Waals surface area contributed by atoms with E-state index in [0.29, 0.717) is 11.0 Å². The van der Waals surface area contributed by atoms with Crippen LogP contribution in [0.2, 0.25) is 0 Å². The molecule has 0 amide bonds. The third-order valence-electron chi connectivity index (χ3n) is 4.36. The molecule has 7 heteroatoms. The molecule has 2 aromatic carbocycles. The quantitative estimate of drug-likeness (QED) is 0.513. The van der Waals surface area contributed by atoms with Gasteiger partial charge in [0.1, 0.15) is 0 Å². The molecule has 144 valence electrons. The highest BCUT2D eigenvalue weighted by molar-refractivity contribution is 5.82. The van der Waals surface area contributed by atoms with Gasteiger partial charge in [0.2, 0.25) is 12.4 Å². The molecular formula is C22H18N2O5+2. The molecular weight excluding hydrogens is 372 g/mol. The topological polar surface area (TPSA) is 80.6 Å². The normalized spacial score (nSPS) is 11.9. The van der Waals surface area contributed by atoms with Gasteiger partial charge in [-0.15, -0.1) is 0 Å². The lowest BCUT2D eigenvalue weighted by Crippen LogP contribution is -2.51. The van der Waals surface area contributed by atoms with Crippen molar-refractivity contribution in [3.8, 4) is 0 Å².